The minimum Gasteiger partial charge on any atom is -0.481 e. The number of carboxylic acid groups (broad SMARTS) is 1. The van der Waals surface area contributed by atoms with Gasteiger partial charge in [-0.15, -0.1) is 0 Å². The maximum absolute atomic E-state index is 11.1. The molecular formula is C12H22O2. The second-order valence-corrected chi connectivity index (χ2v) is 5.57. The van der Waals surface area contributed by atoms with Crippen molar-refractivity contribution >= 4 is 5.97 Å². The summed E-state index contributed by atoms with van der Waals surface area (Å²) in [6, 6.07) is 0. The molecule has 0 radical (unpaired) electrons. The van der Waals surface area contributed by atoms with Gasteiger partial charge in [0.25, 0.3) is 0 Å². The van der Waals surface area contributed by atoms with Gasteiger partial charge in [-0.25, -0.2) is 0 Å². The van der Waals surface area contributed by atoms with E-state index in [1.807, 2.05) is 6.92 Å². The zero-order valence-electron chi connectivity index (χ0n) is 9.76. The van der Waals surface area contributed by atoms with E-state index < -0.39 is 5.97 Å². The highest BCUT2D eigenvalue weighted by molar-refractivity contribution is 5.70. The van der Waals surface area contributed by atoms with Crippen LogP contribution in [0.4, 0.5) is 0 Å². The van der Waals surface area contributed by atoms with Crippen LogP contribution in [0.2, 0.25) is 0 Å². The van der Waals surface area contributed by atoms with Crippen molar-refractivity contribution in [2.45, 2.75) is 53.4 Å². The molecule has 2 unspecified atom stereocenters. The van der Waals surface area contributed by atoms with Crippen LogP contribution < -0.4 is 0 Å². The van der Waals surface area contributed by atoms with Gasteiger partial charge in [0.05, 0.1) is 5.92 Å². The molecular weight excluding hydrogens is 176 g/mol. The summed E-state index contributed by atoms with van der Waals surface area (Å²) in [7, 11) is 0. The van der Waals surface area contributed by atoms with Crippen LogP contribution in [-0.2, 0) is 4.79 Å². The van der Waals surface area contributed by atoms with Crippen LogP contribution >= 0.6 is 0 Å². The molecule has 1 fully saturated rings. The monoisotopic (exact) mass is 198 g/mol. The lowest BCUT2D eigenvalue weighted by molar-refractivity contribution is -0.151. The molecule has 1 aliphatic rings. The summed E-state index contributed by atoms with van der Waals surface area (Å²) in [5.74, 6) is -0.889. The number of hydrogen-bond donors (Lipinski definition) is 1. The van der Waals surface area contributed by atoms with E-state index in [1.54, 1.807) is 0 Å². The predicted molar refractivity (Wildman–Crippen MR) is 57.2 cm³/mol. The summed E-state index contributed by atoms with van der Waals surface area (Å²) in [6.07, 6.45) is 4.63. The van der Waals surface area contributed by atoms with Gasteiger partial charge in [-0.1, -0.05) is 40.5 Å². The molecule has 82 valence electrons. The van der Waals surface area contributed by atoms with Gasteiger partial charge in [-0.3, -0.25) is 4.79 Å². The Balaban J connectivity index is 2.94. The minimum absolute atomic E-state index is 0.0446. The van der Waals surface area contributed by atoms with E-state index in [0.717, 1.165) is 12.8 Å². The third kappa shape index (κ3) is 1.67. The van der Waals surface area contributed by atoms with E-state index in [1.165, 1.54) is 12.8 Å². The summed E-state index contributed by atoms with van der Waals surface area (Å²) < 4.78 is 0. The van der Waals surface area contributed by atoms with Crippen molar-refractivity contribution in [3.8, 4) is 0 Å². The maximum Gasteiger partial charge on any atom is 0.306 e. The molecule has 0 aliphatic heterocycles. The van der Waals surface area contributed by atoms with Crippen molar-refractivity contribution in [2.75, 3.05) is 0 Å². The second kappa shape index (κ2) is 3.56. The Kier molecular flexibility index (Phi) is 2.93. The highest BCUT2D eigenvalue weighted by Gasteiger charge is 2.48. The average molecular weight is 198 g/mol. The lowest BCUT2D eigenvalue weighted by Crippen LogP contribution is -2.45. The van der Waals surface area contributed by atoms with Crippen LogP contribution in [0, 0.1) is 16.7 Å². The molecule has 1 N–H and O–H groups in total. The minimum atomic E-state index is -0.650. The van der Waals surface area contributed by atoms with Crippen molar-refractivity contribution < 1.29 is 9.90 Å². The number of hydrogen-bond acceptors (Lipinski definition) is 1. The third-order valence-corrected chi connectivity index (χ3v) is 4.62. The average Bonchev–Trinajstić information content (AvgIpc) is 2.08. The molecule has 0 saturated heterocycles. The molecule has 0 heterocycles. The van der Waals surface area contributed by atoms with E-state index in [2.05, 4.69) is 20.8 Å². The Hall–Kier alpha value is -0.530. The maximum atomic E-state index is 11.1. The van der Waals surface area contributed by atoms with E-state index in [0.29, 0.717) is 0 Å². The molecule has 2 atom stereocenters. The molecule has 1 saturated carbocycles. The molecule has 2 nitrogen and oxygen atoms in total. The Bertz CT molecular complexity index is 232. The zero-order valence-corrected chi connectivity index (χ0v) is 9.76. The van der Waals surface area contributed by atoms with Crippen LogP contribution in [0.15, 0.2) is 0 Å². The summed E-state index contributed by atoms with van der Waals surface area (Å²) in [6.45, 7) is 8.43. The topological polar surface area (TPSA) is 37.3 Å². The molecule has 0 spiro atoms. The molecule has 0 aromatic carbocycles. The van der Waals surface area contributed by atoms with Crippen molar-refractivity contribution in [3.05, 3.63) is 0 Å². The van der Waals surface area contributed by atoms with Gasteiger partial charge in [0.2, 0.25) is 0 Å². The zero-order chi connectivity index (χ0) is 11.0. The fourth-order valence-electron chi connectivity index (χ4n) is 2.76. The van der Waals surface area contributed by atoms with Crippen molar-refractivity contribution in [3.63, 3.8) is 0 Å². The summed E-state index contributed by atoms with van der Waals surface area (Å²) in [5.41, 5.74) is 0.111. The lowest BCUT2D eigenvalue weighted by atomic mass is 9.54. The van der Waals surface area contributed by atoms with Gasteiger partial charge >= 0.3 is 5.97 Å². The molecule has 1 aliphatic carbocycles. The first kappa shape index (κ1) is 11.5. The highest BCUT2D eigenvalue weighted by atomic mass is 16.4. The van der Waals surface area contributed by atoms with Crippen molar-refractivity contribution in [2.24, 2.45) is 16.7 Å². The van der Waals surface area contributed by atoms with E-state index in [4.69, 9.17) is 5.11 Å². The second-order valence-electron chi connectivity index (χ2n) is 5.57. The van der Waals surface area contributed by atoms with Crippen LogP contribution in [-0.4, -0.2) is 11.1 Å². The standard InChI is InChI=1S/C12H22O2/c1-9(10(13)14)12(4)8-6-5-7-11(12,2)3/h9H,5-8H2,1-4H3,(H,13,14). The van der Waals surface area contributed by atoms with Gasteiger partial charge in [0.15, 0.2) is 0 Å². The van der Waals surface area contributed by atoms with Gasteiger partial charge in [-0.05, 0) is 23.7 Å². The fraction of sp³-hybridized carbons (Fsp3) is 0.917. The Morgan fingerprint density at radius 2 is 1.71 bits per heavy atom. The fourth-order valence-corrected chi connectivity index (χ4v) is 2.76. The molecule has 0 aromatic rings. The van der Waals surface area contributed by atoms with Crippen LogP contribution in [0.25, 0.3) is 0 Å². The van der Waals surface area contributed by atoms with E-state index in [-0.39, 0.29) is 16.7 Å². The SMILES string of the molecule is CC(C(=O)O)C1(C)CCCCC1(C)C. The molecule has 0 aromatic heterocycles. The Labute approximate surface area is 86.7 Å². The number of rotatable bonds is 2. The van der Waals surface area contributed by atoms with Gasteiger partial charge in [0, 0.05) is 0 Å². The highest BCUT2D eigenvalue weighted by Crippen LogP contribution is 2.54. The Morgan fingerprint density at radius 3 is 2.14 bits per heavy atom. The van der Waals surface area contributed by atoms with Gasteiger partial charge in [0.1, 0.15) is 0 Å². The van der Waals surface area contributed by atoms with Gasteiger partial charge in [-0.2, -0.15) is 0 Å². The van der Waals surface area contributed by atoms with Gasteiger partial charge < -0.3 is 5.11 Å². The quantitative estimate of drug-likeness (QED) is 0.739. The molecule has 2 heteroatoms. The number of aliphatic carboxylic acids is 1. The van der Waals surface area contributed by atoms with Crippen LogP contribution in [0.3, 0.4) is 0 Å². The largest absolute Gasteiger partial charge is 0.481 e. The first-order chi connectivity index (χ1) is 6.31. The summed E-state index contributed by atoms with van der Waals surface area (Å²) in [4.78, 5) is 11.1. The predicted octanol–water partition coefficient (Wildman–Crippen LogP) is 3.31. The normalized spacial score (nSPS) is 33.7. The van der Waals surface area contributed by atoms with Crippen molar-refractivity contribution in [1.82, 2.24) is 0 Å². The molecule has 0 bridgehead atoms. The van der Waals surface area contributed by atoms with E-state index in [9.17, 15) is 4.79 Å². The molecule has 1 rings (SSSR count). The number of carbonyl (C=O) groups is 1. The van der Waals surface area contributed by atoms with Crippen LogP contribution in [0.5, 0.6) is 0 Å². The third-order valence-electron chi connectivity index (χ3n) is 4.62. The summed E-state index contributed by atoms with van der Waals surface area (Å²) >= 11 is 0. The van der Waals surface area contributed by atoms with Crippen molar-refractivity contribution in [1.29, 1.82) is 0 Å². The summed E-state index contributed by atoms with van der Waals surface area (Å²) in [5, 5.41) is 9.13. The lowest BCUT2D eigenvalue weighted by Gasteiger charge is -2.50. The Morgan fingerprint density at radius 1 is 1.21 bits per heavy atom. The molecule has 0 amide bonds. The first-order valence-electron chi connectivity index (χ1n) is 5.54. The van der Waals surface area contributed by atoms with Crippen LogP contribution in [0.1, 0.15) is 53.4 Å². The first-order valence-corrected chi connectivity index (χ1v) is 5.54. The molecule has 14 heavy (non-hydrogen) atoms. The number of carboxylic acids is 1. The smallest absolute Gasteiger partial charge is 0.306 e. The van der Waals surface area contributed by atoms with E-state index >= 15 is 0 Å².